The minimum atomic E-state index is 0.500. The largest absolute Gasteiger partial charge is 0.457 e. The fourth-order valence-corrected chi connectivity index (χ4v) is 2.04. The Morgan fingerprint density at radius 2 is 1.63 bits per heavy atom. The molecule has 94 valence electrons. The third-order valence-corrected chi connectivity index (χ3v) is 3.09. The van der Waals surface area contributed by atoms with Crippen molar-refractivity contribution in [2.75, 3.05) is 0 Å². The summed E-state index contributed by atoms with van der Waals surface area (Å²) in [5.41, 5.74) is 2.08. The van der Waals surface area contributed by atoms with E-state index >= 15 is 0 Å². The molecule has 0 aliphatic heterocycles. The maximum Gasteiger partial charge on any atom is 0.129 e. The van der Waals surface area contributed by atoms with Crippen LogP contribution < -0.4 is 4.74 Å². The molecular weight excluding hydrogens is 258 g/mol. The van der Waals surface area contributed by atoms with Crippen LogP contribution in [0.4, 0.5) is 0 Å². The first-order valence-corrected chi connectivity index (χ1v) is 6.39. The number of ether oxygens (including phenoxy) is 1. The summed E-state index contributed by atoms with van der Waals surface area (Å²) in [7, 11) is 0. The molecule has 3 aromatic rings. The minimum absolute atomic E-state index is 0.500. The Kier molecular flexibility index (Phi) is 3.10. The van der Waals surface area contributed by atoms with Crippen LogP contribution in [0.25, 0.3) is 10.9 Å². The Balaban J connectivity index is 1.93. The van der Waals surface area contributed by atoms with Gasteiger partial charge in [0.15, 0.2) is 0 Å². The predicted molar refractivity (Wildman–Crippen MR) is 78.0 cm³/mol. The Hall–Kier alpha value is -2.06. The van der Waals surface area contributed by atoms with Crippen LogP contribution in [-0.4, -0.2) is 4.98 Å². The highest BCUT2D eigenvalue weighted by atomic mass is 35.5. The second-order valence-electron chi connectivity index (χ2n) is 4.40. The first kappa shape index (κ1) is 12.0. The summed E-state index contributed by atoms with van der Waals surface area (Å²) in [4.78, 5) is 4.25. The number of aromatic nitrogens is 1. The van der Waals surface area contributed by atoms with Crippen molar-refractivity contribution < 1.29 is 4.74 Å². The predicted octanol–water partition coefficient (Wildman–Crippen LogP) is 4.99. The quantitative estimate of drug-likeness (QED) is 0.612. The summed E-state index contributed by atoms with van der Waals surface area (Å²) in [5, 5.41) is 1.51. The Bertz CT molecular complexity index is 722. The van der Waals surface area contributed by atoms with Crippen molar-refractivity contribution in [3.05, 3.63) is 65.3 Å². The first-order valence-electron chi connectivity index (χ1n) is 6.01. The van der Waals surface area contributed by atoms with Gasteiger partial charge in [0.2, 0.25) is 0 Å². The second kappa shape index (κ2) is 4.90. The maximum atomic E-state index is 5.86. The van der Waals surface area contributed by atoms with E-state index in [-0.39, 0.29) is 0 Å². The molecule has 19 heavy (non-hydrogen) atoms. The number of benzene rings is 2. The van der Waals surface area contributed by atoms with Gasteiger partial charge in [-0.2, -0.15) is 0 Å². The molecular formula is C16H12ClNO. The van der Waals surface area contributed by atoms with Gasteiger partial charge in [0.05, 0.1) is 5.52 Å². The molecule has 2 nitrogen and oxygen atoms in total. The molecule has 0 unspecified atom stereocenters. The van der Waals surface area contributed by atoms with E-state index < -0.39 is 0 Å². The van der Waals surface area contributed by atoms with Gasteiger partial charge >= 0.3 is 0 Å². The van der Waals surface area contributed by atoms with Crippen molar-refractivity contribution in [1.82, 2.24) is 4.98 Å². The molecule has 0 saturated carbocycles. The highest BCUT2D eigenvalue weighted by molar-refractivity contribution is 6.29. The SMILES string of the molecule is Cc1ccc(Oc2ccc3nc(Cl)ccc3c2)cc1. The van der Waals surface area contributed by atoms with Gasteiger partial charge in [0, 0.05) is 5.39 Å². The zero-order valence-electron chi connectivity index (χ0n) is 10.4. The van der Waals surface area contributed by atoms with E-state index in [9.17, 15) is 0 Å². The fourth-order valence-electron chi connectivity index (χ4n) is 1.88. The topological polar surface area (TPSA) is 22.1 Å². The molecule has 0 aliphatic carbocycles. The Morgan fingerprint density at radius 1 is 0.895 bits per heavy atom. The van der Waals surface area contributed by atoms with Gasteiger partial charge in [-0.3, -0.25) is 0 Å². The molecule has 1 heterocycles. The number of pyridine rings is 1. The molecule has 0 bridgehead atoms. The average Bonchev–Trinajstić information content (AvgIpc) is 2.42. The van der Waals surface area contributed by atoms with Crippen molar-refractivity contribution in [3.63, 3.8) is 0 Å². The maximum absolute atomic E-state index is 5.86. The van der Waals surface area contributed by atoms with Crippen molar-refractivity contribution in [2.24, 2.45) is 0 Å². The summed E-state index contributed by atoms with van der Waals surface area (Å²) >= 11 is 5.86. The lowest BCUT2D eigenvalue weighted by atomic mass is 10.2. The van der Waals surface area contributed by atoms with Gasteiger partial charge in [0.25, 0.3) is 0 Å². The average molecular weight is 270 g/mol. The molecule has 0 radical (unpaired) electrons. The molecule has 0 atom stereocenters. The van der Waals surface area contributed by atoms with Crippen molar-refractivity contribution in [2.45, 2.75) is 6.92 Å². The number of aryl methyl sites for hydroxylation is 1. The van der Waals surface area contributed by atoms with Gasteiger partial charge in [-0.15, -0.1) is 0 Å². The Labute approximate surface area is 116 Å². The molecule has 2 aromatic carbocycles. The van der Waals surface area contributed by atoms with Crippen LogP contribution in [0.15, 0.2) is 54.6 Å². The number of hydrogen-bond donors (Lipinski definition) is 0. The highest BCUT2D eigenvalue weighted by Gasteiger charge is 2.01. The van der Waals surface area contributed by atoms with E-state index in [2.05, 4.69) is 11.9 Å². The molecule has 3 rings (SSSR count). The van der Waals surface area contributed by atoms with E-state index in [0.717, 1.165) is 22.4 Å². The smallest absolute Gasteiger partial charge is 0.129 e. The number of rotatable bonds is 2. The van der Waals surface area contributed by atoms with E-state index in [1.165, 1.54) is 5.56 Å². The summed E-state index contributed by atoms with van der Waals surface area (Å²) < 4.78 is 5.81. The summed E-state index contributed by atoms with van der Waals surface area (Å²) in [6, 6.07) is 17.4. The van der Waals surface area contributed by atoms with E-state index in [1.54, 1.807) is 6.07 Å². The highest BCUT2D eigenvalue weighted by Crippen LogP contribution is 2.25. The molecule has 0 amide bonds. The third-order valence-electron chi connectivity index (χ3n) is 2.88. The first-order chi connectivity index (χ1) is 9.20. The van der Waals surface area contributed by atoms with Crippen LogP contribution in [0.5, 0.6) is 11.5 Å². The summed E-state index contributed by atoms with van der Waals surface area (Å²) in [6.45, 7) is 2.05. The van der Waals surface area contributed by atoms with Gasteiger partial charge < -0.3 is 4.74 Å². The van der Waals surface area contributed by atoms with Crippen LogP contribution in [0.3, 0.4) is 0 Å². The lowest BCUT2D eigenvalue weighted by Crippen LogP contribution is -1.86. The molecule has 0 spiro atoms. The standard InChI is InChI=1S/C16H12ClNO/c1-11-2-5-13(6-3-11)19-14-7-8-15-12(10-14)4-9-16(17)18-15/h2-10H,1H3. The van der Waals surface area contributed by atoms with E-state index in [4.69, 9.17) is 16.3 Å². The number of nitrogens with zero attached hydrogens (tertiary/aromatic N) is 1. The van der Waals surface area contributed by atoms with Crippen molar-refractivity contribution in [3.8, 4) is 11.5 Å². The number of fused-ring (bicyclic) bond motifs is 1. The normalized spacial score (nSPS) is 10.6. The molecule has 0 saturated heterocycles. The summed E-state index contributed by atoms with van der Waals surface area (Å²) in [6.07, 6.45) is 0. The minimum Gasteiger partial charge on any atom is -0.457 e. The zero-order valence-corrected chi connectivity index (χ0v) is 11.2. The molecule has 3 heteroatoms. The lowest BCUT2D eigenvalue weighted by Gasteiger charge is -2.07. The van der Waals surface area contributed by atoms with Crippen LogP contribution in [0.2, 0.25) is 5.15 Å². The number of halogens is 1. The lowest BCUT2D eigenvalue weighted by molar-refractivity contribution is 0.483. The summed E-state index contributed by atoms with van der Waals surface area (Å²) in [5.74, 6) is 1.62. The Morgan fingerprint density at radius 3 is 2.42 bits per heavy atom. The molecule has 1 aromatic heterocycles. The molecule has 0 fully saturated rings. The van der Waals surface area contributed by atoms with Crippen LogP contribution in [-0.2, 0) is 0 Å². The van der Waals surface area contributed by atoms with Gasteiger partial charge in [-0.05, 0) is 49.4 Å². The van der Waals surface area contributed by atoms with E-state index in [1.807, 2.05) is 48.5 Å². The zero-order chi connectivity index (χ0) is 13.2. The van der Waals surface area contributed by atoms with Crippen molar-refractivity contribution >= 4 is 22.5 Å². The van der Waals surface area contributed by atoms with Crippen LogP contribution >= 0.6 is 11.6 Å². The van der Waals surface area contributed by atoms with Gasteiger partial charge in [-0.25, -0.2) is 4.98 Å². The van der Waals surface area contributed by atoms with Crippen LogP contribution in [0, 0.1) is 6.92 Å². The second-order valence-corrected chi connectivity index (χ2v) is 4.79. The van der Waals surface area contributed by atoms with Gasteiger partial charge in [-0.1, -0.05) is 29.3 Å². The van der Waals surface area contributed by atoms with Crippen LogP contribution in [0.1, 0.15) is 5.56 Å². The third kappa shape index (κ3) is 2.69. The van der Waals surface area contributed by atoms with E-state index in [0.29, 0.717) is 5.15 Å². The number of hydrogen-bond acceptors (Lipinski definition) is 2. The van der Waals surface area contributed by atoms with Gasteiger partial charge in [0.1, 0.15) is 16.7 Å². The van der Waals surface area contributed by atoms with Crippen molar-refractivity contribution in [1.29, 1.82) is 0 Å². The fraction of sp³-hybridized carbons (Fsp3) is 0.0625. The molecule has 0 N–H and O–H groups in total. The monoisotopic (exact) mass is 269 g/mol. The molecule has 0 aliphatic rings.